The summed E-state index contributed by atoms with van der Waals surface area (Å²) < 4.78 is 5.26. The first-order chi connectivity index (χ1) is 9.72. The zero-order chi connectivity index (χ0) is 16.2. The van der Waals surface area contributed by atoms with Gasteiger partial charge in [-0.25, -0.2) is 0 Å². The van der Waals surface area contributed by atoms with Crippen molar-refractivity contribution in [1.82, 2.24) is 4.90 Å². The number of furan rings is 1. The quantitative estimate of drug-likeness (QED) is 0.839. The van der Waals surface area contributed by atoms with Gasteiger partial charge in [0.1, 0.15) is 12.2 Å². The Hall–Kier alpha value is -1.78. The molecule has 0 atom stereocenters. The maximum Gasteiger partial charge on any atom is 0.311 e. The Morgan fingerprint density at radius 2 is 1.71 bits per heavy atom. The van der Waals surface area contributed by atoms with Crippen LogP contribution in [0.2, 0.25) is 0 Å². The van der Waals surface area contributed by atoms with Gasteiger partial charge in [0.25, 0.3) is 5.91 Å². The number of hydrogen-bond donors (Lipinski definition) is 1. The number of aryl methyl sites for hydroxylation is 1. The molecule has 0 aliphatic rings. The number of carbonyl (C=O) groups excluding carboxylic acids is 1. The zero-order valence-corrected chi connectivity index (χ0v) is 13.5. The minimum Gasteiger partial charge on any atom is -0.481 e. The van der Waals surface area contributed by atoms with E-state index in [2.05, 4.69) is 27.7 Å². The number of carboxylic acid groups (broad SMARTS) is 1. The summed E-state index contributed by atoms with van der Waals surface area (Å²) in [5, 5.41) is 8.93. The summed E-state index contributed by atoms with van der Waals surface area (Å²) in [4.78, 5) is 25.5. The molecule has 1 rings (SSSR count). The minimum absolute atomic E-state index is 0.139. The van der Waals surface area contributed by atoms with Crippen LogP contribution in [-0.2, 0) is 11.2 Å². The molecule has 5 heteroatoms. The number of amides is 1. The van der Waals surface area contributed by atoms with Crippen LogP contribution in [0.1, 0.15) is 49.4 Å². The van der Waals surface area contributed by atoms with Crippen LogP contribution >= 0.6 is 0 Å². The molecular weight excluding hydrogens is 270 g/mol. The number of aliphatic carboxylic acids is 1. The van der Waals surface area contributed by atoms with Crippen LogP contribution < -0.4 is 0 Å². The molecule has 1 amide bonds. The number of rotatable bonds is 7. The van der Waals surface area contributed by atoms with Gasteiger partial charge in [-0.3, -0.25) is 9.59 Å². The summed E-state index contributed by atoms with van der Waals surface area (Å²) in [6.07, 6.45) is 1.18. The fraction of sp³-hybridized carbons (Fsp3) is 0.625. The molecule has 0 aromatic carbocycles. The molecule has 1 aromatic heterocycles. The van der Waals surface area contributed by atoms with E-state index in [1.165, 1.54) is 6.26 Å². The molecule has 1 aromatic rings. The van der Waals surface area contributed by atoms with Crippen LogP contribution in [0.3, 0.4) is 0 Å². The van der Waals surface area contributed by atoms with Crippen LogP contribution in [0.4, 0.5) is 0 Å². The second-order valence-corrected chi connectivity index (χ2v) is 6.29. The summed E-state index contributed by atoms with van der Waals surface area (Å²) in [6, 6.07) is 0. The van der Waals surface area contributed by atoms with Crippen molar-refractivity contribution in [3.05, 3.63) is 23.2 Å². The van der Waals surface area contributed by atoms with E-state index in [-0.39, 0.29) is 18.1 Å². The summed E-state index contributed by atoms with van der Waals surface area (Å²) in [5.41, 5.74) is 1.09. The van der Waals surface area contributed by atoms with Gasteiger partial charge in [-0.15, -0.1) is 0 Å². The Kier molecular flexibility index (Phi) is 6.00. The summed E-state index contributed by atoms with van der Waals surface area (Å²) >= 11 is 0. The molecule has 0 spiro atoms. The molecule has 118 valence electrons. The lowest BCUT2D eigenvalue weighted by Gasteiger charge is -2.26. The molecule has 0 fully saturated rings. The van der Waals surface area contributed by atoms with E-state index >= 15 is 0 Å². The normalized spacial score (nSPS) is 11.2. The molecule has 0 saturated heterocycles. The van der Waals surface area contributed by atoms with Gasteiger partial charge in [-0.05, 0) is 18.8 Å². The summed E-state index contributed by atoms with van der Waals surface area (Å²) in [6.45, 7) is 11.3. The van der Waals surface area contributed by atoms with Gasteiger partial charge in [0.05, 0.1) is 11.8 Å². The van der Waals surface area contributed by atoms with Crippen LogP contribution in [0.5, 0.6) is 0 Å². The van der Waals surface area contributed by atoms with Crippen molar-refractivity contribution in [3.63, 3.8) is 0 Å². The van der Waals surface area contributed by atoms with Crippen molar-refractivity contribution >= 4 is 11.9 Å². The van der Waals surface area contributed by atoms with Crippen molar-refractivity contribution < 1.29 is 19.1 Å². The molecule has 21 heavy (non-hydrogen) atoms. The van der Waals surface area contributed by atoms with E-state index in [0.29, 0.717) is 36.1 Å². The molecule has 0 radical (unpaired) electrons. The van der Waals surface area contributed by atoms with Crippen molar-refractivity contribution in [2.24, 2.45) is 11.8 Å². The van der Waals surface area contributed by atoms with E-state index in [0.717, 1.165) is 0 Å². The van der Waals surface area contributed by atoms with Gasteiger partial charge in [0.15, 0.2) is 0 Å². The summed E-state index contributed by atoms with van der Waals surface area (Å²) in [7, 11) is 0. The molecular formula is C16H25NO4. The third-order valence-corrected chi connectivity index (χ3v) is 3.04. The predicted octanol–water partition coefficient (Wildman–Crippen LogP) is 2.97. The van der Waals surface area contributed by atoms with Crippen LogP contribution in [0.15, 0.2) is 10.7 Å². The lowest BCUT2D eigenvalue weighted by molar-refractivity contribution is -0.136. The number of carbonyl (C=O) groups is 2. The van der Waals surface area contributed by atoms with E-state index in [1.807, 2.05) is 0 Å². The first-order valence-corrected chi connectivity index (χ1v) is 7.30. The molecule has 0 aliphatic heterocycles. The van der Waals surface area contributed by atoms with E-state index in [1.54, 1.807) is 11.8 Å². The SMILES string of the molecule is Cc1coc(CC(=O)O)c1C(=O)N(CC(C)C)CC(C)C. The maximum absolute atomic E-state index is 12.8. The highest BCUT2D eigenvalue weighted by atomic mass is 16.4. The number of hydrogen-bond acceptors (Lipinski definition) is 3. The van der Waals surface area contributed by atoms with E-state index < -0.39 is 5.97 Å². The van der Waals surface area contributed by atoms with Gasteiger partial charge in [-0.1, -0.05) is 27.7 Å². The Bertz CT molecular complexity index is 492. The molecule has 1 N–H and O–H groups in total. The fourth-order valence-electron chi connectivity index (χ4n) is 2.33. The van der Waals surface area contributed by atoms with Gasteiger partial charge in [-0.2, -0.15) is 0 Å². The van der Waals surface area contributed by atoms with E-state index in [9.17, 15) is 9.59 Å². The molecule has 0 unspecified atom stereocenters. The van der Waals surface area contributed by atoms with Crippen molar-refractivity contribution in [2.45, 2.75) is 41.0 Å². The lowest BCUT2D eigenvalue weighted by Crippen LogP contribution is -2.37. The predicted molar refractivity (Wildman–Crippen MR) is 80.4 cm³/mol. The Morgan fingerprint density at radius 1 is 1.19 bits per heavy atom. The van der Waals surface area contributed by atoms with E-state index in [4.69, 9.17) is 9.52 Å². The Morgan fingerprint density at radius 3 is 2.14 bits per heavy atom. The highest BCUT2D eigenvalue weighted by Crippen LogP contribution is 2.21. The van der Waals surface area contributed by atoms with Crippen molar-refractivity contribution in [3.8, 4) is 0 Å². The van der Waals surface area contributed by atoms with Gasteiger partial charge in [0.2, 0.25) is 0 Å². The molecule has 5 nitrogen and oxygen atoms in total. The van der Waals surface area contributed by atoms with Crippen LogP contribution in [0, 0.1) is 18.8 Å². The standard InChI is InChI=1S/C16H25NO4/c1-10(2)7-17(8-11(3)4)16(20)15-12(5)9-21-13(15)6-14(18)19/h9-11H,6-8H2,1-5H3,(H,18,19). The Labute approximate surface area is 125 Å². The van der Waals surface area contributed by atoms with Crippen LogP contribution in [0.25, 0.3) is 0 Å². The second-order valence-electron chi connectivity index (χ2n) is 6.29. The molecule has 0 aliphatic carbocycles. The van der Waals surface area contributed by atoms with Crippen LogP contribution in [-0.4, -0.2) is 35.0 Å². The zero-order valence-electron chi connectivity index (χ0n) is 13.5. The first kappa shape index (κ1) is 17.3. The smallest absolute Gasteiger partial charge is 0.311 e. The maximum atomic E-state index is 12.8. The minimum atomic E-state index is -1.00. The van der Waals surface area contributed by atoms with Crippen molar-refractivity contribution in [2.75, 3.05) is 13.1 Å². The topological polar surface area (TPSA) is 70.7 Å². The second kappa shape index (κ2) is 7.29. The van der Waals surface area contributed by atoms with Gasteiger partial charge in [0, 0.05) is 18.7 Å². The Balaban J connectivity index is 3.07. The monoisotopic (exact) mass is 295 g/mol. The average Bonchev–Trinajstić information content (AvgIpc) is 2.66. The number of carboxylic acids is 1. The largest absolute Gasteiger partial charge is 0.481 e. The fourth-order valence-corrected chi connectivity index (χ4v) is 2.33. The average molecular weight is 295 g/mol. The lowest BCUT2D eigenvalue weighted by atomic mass is 10.1. The highest BCUT2D eigenvalue weighted by Gasteiger charge is 2.25. The molecule has 1 heterocycles. The molecule has 0 bridgehead atoms. The van der Waals surface area contributed by atoms with Gasteiger partial charge < -0.3 is 14.4 Å². The van der Waals surface area contributed by atoms with Crippen molar-refractivity contribution in [1.29, 1.82) is 0 Å². The third kappa shape index (κ3) is 4.92. The number of nitrogens with zero attached hydrogens (tertiary/aromatic N) is 1. The molecule has 0 saturated carbocycles. The third-order valence-electron chi connectivity index (χ3n) is 3.04. The van der Waals surface area contributed by atoms with Gasteiger partial charge >= 0.3 is 5.97 Å². The summed E-state index contributed by atoms with van der Waals surface area (Å²) in [5.74, 6) is -0.203. The highest BCUT2D eigenvalue weighted by molar-refractivity contribution is 5.97. The first-order valence-electron chi connectivity index (χ1n) is 7.30.